The first-order chi connectivity index (χ1) is 9.81. The van der Waals surface area contributed by atoms with Crippen LogP contribution in [0, 0.1) is 0 Å². The molecule has 2 N–H and O–H groups in total. The summed E-state index contributed by atoms with van der Waals surface area (Å²) in [4.78, 5) is 2.57. The van der Waals surface area contributed by atoms with E-state index in [0.717, 1.165) is 31.1 Å². The fourth-order valence-corrected chi connectivity index (χ4v) is 3.66. The standard InChI is InChI=1S/C18H20N2/c19-18-7-3-5-13-8-9-20(12-17(13)18)11-15-10-14-4-1-2-6-16(14)15/h1-7,15H,8-12,19H2. The van der Waals surface area contributed by atoms with Crippen LogP contribution in [-0.4, -0.2) is 18.0 Å². The van der Waals surface area contributed by atoms with Gasteiger partial charge in [0, 0.05) is 31.2 Å². The molecular weight excluding hydrogens is 244 g/mol. The zero-order valence-electron chi connectivity index (χ0n) is 11.7. The second-order valence-corrected chi connectivity index (χ2v) is 6.07. The highest BCUT2D eigenvalue weighted by Crippen LogP contribution is 2.36. The number of hydrogen-bond acceptors (Lipinski definition) is 2. The summed E-state index contributed by atoms with van der Waals surface area (Å²) in [7, 11) is 0. The van der Waals surface area contributed by atoms with Crippen LogP contribution in [0.5, 0.6) is 0 Å². The lowest BCUT2D eigenvalue weighted by atomic mass is 9.77. The number of nitrogens with two attached hydrogens (primary N) is 1. The van der Waals surface area contributed by atoms with E-state index in [2.05, 4.69) is 41.3 Å². The fraction of sp³-hybridized carbons (Fsp3) is 0.333. The molecule has 1 atom stereocenters. The Bertz CT molecular complexity index is 648. The Morgan fingerprint density at radius 3 is 2.80 bits per heavy atom. The maximum absolute atomic E-state index is 6.13. The van der Waals surface area contributed by atoms with E-state index >= 15 is 0 Å². The minimum absolute atomic E-state index is 0.720. The van der Waals surface area contributed by atoms with Gasteiger partial charge in [-0.15, -0.1) is 0 Å². The first kappa shape index (κ1) is 12.0. The molecule has 0 saturated carbocycles. The molecule has 2 nitrogen and oxygen atoms in total. The lowest BCUT2D eigenvalue weighted by Gasteiger charge is -2.37. The van der Waals surface area contributed by atoms with Crippen LogP contribution in [-0.2, 0) is 19.4 Å². The Morgan fingerprint density at radius 1 is 1.05 bits per heavy atom. The van der Waals surface area contributed by atoms with Crippen LogP contribution >= 0.6 is 0 Å². The Kier molecular flexibility index (Phi) is 2.78. The zero-order valence-corrected chi connectivity index (χ0v) is 11.7. The minimum atomic E-state index is 0.720. The SMILES string of the molecule is Nc1cccc2c1CN(CC1Cc3ccccc31)CC2. The molecule has 0 spiro atoms. The van der Waals surface area contributed by atoms with E-state index in [0.29, 0.717) is 0 Å². The van der Waals surface area contributed by atoms with Crippen LogP contribution in [0.3, 0.4) is 0 Å². The van der Waals surface area contributed by atoms with Crippen molar-refractivity contribution in [2.24, 2.45) is 0 Å². The smallest absolute Gasteiger partial charge is 0.0362 e. The summed E-state index contributed by atoms with van der Waals surface area (Å²) in [6.45, 7) is 3.35. The Morgan fingerprint density at radius 2 is 1.90 bits per heavy atom. The highest BCUT2D eigenvalue weighted by Gasteiger charge is 2.28. The van der Waals surface area contributed by atoms with Gasteiger partial charge in [0.15, 0.2) is 0 Å². The van der Waals surface area contributed by atoms with Crippen molar-refractivity contribution in [1.82, 2.24) is 4.90 Å². The summed E-state index contributed by atoms with van der Waals surface area (Å²) in [6.07, 6.45) is 2.37. The van der Waals surface area contributed by atoms with E-state index in [4.69, 9.17) is 5.73 Å². The van der Waals surface area contributed by atoms with Crippen molar-refractivity contribution >= 4 is 5.69 Å². The van der Waals surface area contributed by atoms with E-state index in [1.54, 1.807) is 5.56 Å². The van der Waals surface area contributed by atoms with Crippen molar-refractivity contribution in [2.45, 2.75) is 25.3 Å². The van der Waals surface area contributed by atoms with E-state index in [9.17, 15) is 0 Å². The maximum atomic E-state index is 6.13. The molecule has 2 heteroatoms. The molecule has 0 saturated heterocycles. The first-order valence-corrected chi connectivity index (χ1v) is 7.47. The summed E-state index contributed by atoms with van der Waals surface area (Å²) in [5.41, 5.74) is 13.0. The van der Waals surface area contributed by atoms with Crippen LogP contribution in [0.2, 0.25) is 0 Å². The van der Waals surface area contributed by atoms with Gasteiger partial charge >= 0.3 is 0 Å². The maximum Gasteiger partial charge on any atom is 0.0362 e. The molecule has 2 aliphatic rings. The molecule has 0 radical (unpaired) electrons. The number of hydrogen-bond donors (Lipinski definition) is 1. The van der Waals surface area contributed by atoms with Gasteiger partial charge < -0.3 is 5.73 Å². The van der Waals surface area contributed by atoms with Crippen LogP contribution in [0.15, 0.2) is 42.5 Å². The average Bonchev–Trinajstić information content (AvgIpc) is 2.46. The first-order valence-electron chi connectivity index (χ1n) is 7.47. The summed E-state index contributed by atoms with van der Waals surface area (Å²) >= 11 is 0. The van der Waals surface area contributed by atoms with Gasteiger partial charge in [0.05, 0.1) is 0 Å². The second-order valence-electron chi connectivity index (χ2n) is 6.07. The van der Waals surface area contributed by atoms with E-state index in [-0.39, 0.29) is 0 Å². The summed E-state index contributed by atoms with van der Waals surface area (Å²) < 4.78 is 0. The molecule has 1 heterocycles. The normalized spacial score (nSPS) is 20.9. The van der Waals surface area contributed by atoms with Gasteiger partial charge in [0.2, 0.25) is 0 Å². The van der Waals surface area contributed by atoms with Crippen LogP contribution in [0.25, 0.3) is 0 Å². The van der Waals surface area contributed by atoms with Gasteiger partial charge in [0.25, 0.3) is 0 Å². The Hall–Kier alpha value is -1.80. The highest BCUT2D eigenvalue weighted by atomic mass is 15.1. The van der Waals surface area contributed by atoms with Crippen LogP contribution in [0.1, 0.15) is 28.2 Å². The molecule has 0 bridgehead atoms. The molecule has 4 rings (SSSR count). The summed E-state index contributed by atoms with van der Waals surface area (Å²) in [5.74, 6) is 0.720. The molecule has 0 aromatic heterocycles. The predicted molar refractivity (Wildman–Crippen MR) is 82.7 cm³/mol. The van der Waals surface area contributed by atoms with Crippen LogP contribution in [0.4, 0.5) is 5.69 Å². The number of benzene rings is 2. The Labute approximate surface area is 120 Å². The molecule has 2 aromatic rings. The number of nitrogens with zero attached hydrogens (tertiary/aromatic N) is 1. The van der Waals surface area contributed by atoms with E-state index in [1.807, 2.05) is 6.07 Å². The highest BCUT2D eigenvalue weighted by molar-refractivity contribution is 5.51. The minimum Gasteiger partial charge on any atom is -0.398 e. The van der Waals surface area contributed by atoms with Gasteiger partial charge in [-0.3, -0.25) is 4.90 Å². The largest absolute Gasteiger partial charge is 0.398 e. The lowest BCUT2D eigenvalue weighted by molar-refractivity contribution is 0.230. The monoisotopic (exact) mass is 264 g/mol. The third-order valence-electron chi connectivity index (χ3n) is 4.83. The van der Waals surface area contributed by atoms with Gasteiger partial charge in [-0.2, -0.15) is 0 Å². The summed E-state index contributed by atoms with van der Waals surface area (Å²) in [6, 6.07) is 15.2. The van der Waals surface area contributed by atoms with Gasteiger partial charge in [0.1, 0.15) is 0 Å². The molecular formula is C18H20N2. The van der Waals surface area contributed by atoms with E-state index < -0.39 is 0 Å². The number of fused-ring (bicyclic) bond motifs is 2. The van der Waals surface area contributed by atoms with Gasteiger partial charge in [-0.1, -0.05) is 36.4 Å². The van der Waals surface area contributed by atoms with Crippen molar-refractivity contribution < 1.29 is 0 Å². The average molecular weight is 264 g/mol. The predicted octanol–water partition coefficient (Wildman–Crippen LogP) is 2.97. The fourth-order valence-electron chi connectivity index (χ4n) is 3.66. The quantitative estimate of drug-likeness (QED) is 0.845. The topological polar surface area (TPSA) is 29.3 Å². The third kappa shape index (κ3) is 1.92. The number of nitrogen functional groups attached to an aromatic ring is 1. The van der Waals surface area contributed by atoms with Crippen molar-refractivity contribution in [2.75, 3.05) is 18.8 Å². The second kappa shape index (κ2) is 4.64. The molecule has 102 valence electrons. The molecule has 1 aliphatic heterocycles. The molecule has 2 aromatic carbocycles. The summed E-state index contributed by atoms with van der Waals surface area (Å²) in [5, 5.41) is 0. The van der Waals surface area contributed by atoms with E-state index in [1.165, 1.54) is 29.7 Å². The molecule has 1 unspecified atom stereocenters. The molecule has 0 amide bonds. The van der Waals surface area contributed by atoms with Crippen molar-refractivity contribution in [3.05, 3.63) is 64.7 Å². The zero-order chi connectivity index (χ0) is 13.5. The molecule has 1 aliphatic carbocycles. The Balaban J connectivity index is 1.49. The third-order valence-corrected chi connectivity index (χ3v) is 4.83. The molecule has 0 fully saturated rings. The van der Waals surface area contributed by atoms with Crippen molar-refractivity contribution in [3.63, 3.8) is 0 Å². The number of anilines is 1. The lowest BCUT2D eigenvalue weighted by Crippen LogP contribution is -2.37. The van der Waals surface area contributed by atoms with Crippen LogP contribution < -0.4 is 5.73 Å². The van der Waals surface area contributed by atoms with Gasteiger partial charge in [-0.05, 0) is 41.2 Å². The van der Waals surface area contributed by atoms with Crippen molar-refractivity contribution in [1.29, 1.82) is 0 Å². The van der Waals surface area contributed by atoms with Gasteiger partial charge in [-0.25, -0.2) is 0 Å². The number of rotatable bonds is 2. The molecule has 20 heavy (non-hydrogen) atoms. The van der Waals surface area contributed by atoms with Crippen molar-refractivity contribution in [3.8, 4) is 0 Å².